The van der Waals surface area contributed by atoms with Crippen molar-refractivity contribution in [2.24, 2.45) is 0 Å². The van der Waals surface area contributed by atoms with Gasteiger partial charge in [-0.1, -0.05) is 0 Å². The summed E-state index contributed by atoms with van der Waals surface area (Å²) in [6, 6.07) is 0. The number of nitrogens with two attached hydrogens (primary N) is 1. The van der Waals surface area contributed by atoms with Gasteiger partial charge >= 0.3 is 11.9 Å². The zero-order chi connectivity index (χ0) is 13.4. The lowest BCUT2D eigenvalue weighted by Gasteiger charge is -2.13. The van der Waals surface area contributed by atoms with Crippen LogP contribution in [0.1, 0.15) is 19.3 Å². The third-order valence-electron chi connectivity index (χ3n) is 2.04. The molecule has 1 aliphatic heterocycles. The number of quaternary nitrogens is 1. The maximum atomic E-state index is 10.4. The van der Waals surface area contributed by atoms with Crippen molar-refractivity contribution in [2.45, 2.75) is 31.5 Å². The van der Waals surface area contributed by atoms with Crippen LogP contribution in [-0.2, 0) is 14.4 Å². The maximum absolute atomic E-state index is 10.4. The lowest BCUT2D eigenvalue weighted by atomic mass is 10.2. The van der Waals surface area contributed by atoms with Gasteiger partial charge in [-0.2, -0.15) is 0 Å². The maximum Gasteiger partial charge on any atom is 0.335 e. The number of carbonyl (C=O) groups excluding carboxylic acids is 2. The van der Waals surface area contributed by atoms with E-state index in [4.69, 9.17) is 15.3 Å². The molecule has 0 saturated carbocycles. The van der Waals surface area contributed by atoms with Crippen molar-refractivity contribution >= 4 is 17.8 Å². The lowest BCUT2D eigenvalue weighted by molar-refractivity contribution is -0.574. The van der Waals surface area contributed by atoms with E-state index in [1.165, 1.54) is 6.42 Å². The Labute approximate surface area is 96.9 Å². The first-order chi connectivity index (χ1) is 7.86. The Hall–Kier alpha value is -1.51. The molecule has 5 N–H and O–H groups in total. The zero-order valence-corrected chi connectivity index (χ0v) is 9.04. The van der Waals surface area contributed by atoms with Gasteiger partial charge in [0.2, 0.25) is 0 Å². The van der Waals surface area contributed by atoms with Gasteiger partial charge in [0.1, 0.15) is 6.10 Å². The fourth-order valence-corrected chi connectivity index (χ4v) is 1.07. The molecule has 1 saturated heterocycles. The zero-order valence-electron chi connectivity index (χ0n) is 9.04. The molecule has 0 aliphatic carbocycles. The van der Waals surface area contributed by atoms with Crippen LogP contribution >= 0.6 is 0 Å². The van der Waals surface area contributed by atoms with Crippen molar-refractivity contribution in [3.63, 3.8) is 0 Å². The van der Waals surface area contributed by atoms with Crippen molar-refractivity contribution in [3.8, 4) is 0 Å². The molecule has 98 valence electrons. The molecule has 2 atom stereocenters. The normalized spacial score (nSPS) is 18.6. The Morgan fingerprint density at radius 2 is 1.82 bits per heavy atom. The number of carboxylic acids is 2. The van der Waals surface area contributed by atoms with E-state index >= 15 is 0 Å². The van der Waals surface area contributed by atoms with Crippen LogP contribution in [0.4, 0.5) is 0 Å². The highest BCUT2D eigenvalue weighted by Gasteiger charge is 2.23. The van der Waals surface area contributed by atoms with Crippen molar-refractivity contribution < 1.29 is 40.1 Å². The van der Waals surface area contributed by atoms with Crippen LogP contribution in [0, 0.1) is 0 Å². The van der Waals surface area contributed by atoms with E-state index in [0.29, 0.717) is 5.91 Å². The molecule has 1 aliphatic rings. The van der Waals surface area contributed by atoms with E-state index in [1.54, 1.807) is 5.32 Å². The molecule has 8 heteroatoms. The predicted molar refractivity (Wildman–Crippen MR) is 50.3 cm³/mol. The Kier molecular flexibility index (Phi) is 7.03. The number of piperidine rings is 1. The topological polar surface area (TPSA) is 152 Å². The first kappa shape index (κ1) is 15.5. The largest absolute Gasteiger partial charge is 0.547 e. The number of aliphatic hydroxyl groups is 2. The average molecular weight is 249 g/mol. The van der Waals surface area contributed by atoms with E-state index in [2.05, 4.69) is 0 Å². The van der Waals surface area contributed by atoms with Crippen LogP contribution in [0.5, 0.6) is 0 Å². The summed E-state index contributed by atoms with van der Waals surface area (Å²) in [7, 11) is 0. The van der Waals surface area contributed by atoms with Gasteiger partial charge in [0, 0.05) is 0 Å². The summed E-state index contributed by atoms with van der Waals surface area (Å²) >= 11 is 0. The van der Waals surface area contributed by atoms with Crippen LogP contribution < -0.4 is 10.4 Å². The quantitative estimate of drug-likeness (QED) is 0.395. The van der Waals surface area contributed by atoms with E-state index in [9.17, 15) is 19.5 Å². The van der Waals surface area contributed by atoms with Gasteiger partial charge in [0.05, 0.1) is 18.9 Å². The van der Waals surface area contributed by atoms with Gasteiger partial charge in [0.25, 0.3) is 0 Å². The summed E-state index contributed by atoms with van der Waals surface area (Å²) < 4.78 is 0. The summed E-state index contributed by atoms with van der Waals surface area (Å²) in [5.41, 5.74) is 0. The third-order valence-corrected chi connectivity index (χ3v) is 2.04. The highest BCUT2D eigenvalue weighted by molar-refractivity contribution is 5.82. The molecule has 1 heterocycles. The molecule has 0 spiro atoms. The first-order valence-corrected chi connectivity index (χ1v) is 5.02. The number of amides is 1. The van der Waals surface area contributed by atoms with E-state index in [1.807, 2.05) is 0 Å². The van der Waals surface area contributed by atoms with Crippen molar-refractivity contribution in [1.29, 1.82) is 0 Å². The van der Waals surface area contributed by atoms with Crippen LogP contribution in [-0.4, -0.2) is 51.9 Å². The summed E-state index contributed by atoms with van der Waals surface area (Å²) in [4.78, 5) is 29.8. The van der Waals surface area contributed by atoms with Crippen molar-refractivity contribution in [3.05, 3.63) is 0 Å². The minimum Gasteiger partial charge on any atom is -0.547 e. The van der Waals surface area contributed by atoms with Gasteiger partial charge in [-0.3, -0.25) is 5.32 Å². The van der Waals surface area contributed by atoms with E-state index < -0.39 is 24.1 Å². The van der Waals surface area contributed by atoms with E-state index in [-0.39, 0.29) is 0 Å². The second-order valence-corrected chi connectivity index (χ2v) is 3.46. The van der Waals surface area contributed by atoms with Gasteiger partial charge in [0.15, 0.2) is 6.10 Å². The second kappa shape index (κ2) is 7.71. The molecular weight excluding hydrogens is 234 g/mol. The van der Waals surface area contributed by atoms with Gasteiger partial charge < -0.3 is 25.2 Å². The molecule has 1 rings (SSSR count). The summed E-state index contributed by atoms with van der Waals surface area (Å²) in [6.07, 6.45) is -1.59. The molecule has 1 fully saturated rings. The Morgan fingerprint density at radius 3 is 2.00 bits per heavy atom. The van der Waals surface area contributed by atoms with Crippen LogP contribution in [0.2, 0.25) is 0 Å². The minimum atomic E-state index is -2.38. The molecule has 1 amide bonds. The first-order valence-electron chi connectivity index (χ1n) is 5.02. The van der Waals surface area contributed by atoms with Crippen LogP contribution in [0.15, 0.2) is 0 Å². The van der Waals surface area contributed by atoms with Crippen LogP contribution in [0.3, 0.4) is 0 Å². The lowest BCUT2D eigenvalue weighted by Crippen LogP contribution is -2.89. The average Bonchev–Trinajstić information content (AvgIpc) is 2.28. The number of hydrogen-bond acceptors (Lipinski definition) is 6. The number of aliphatic carboxylic acids is 2. The molecule has 0 aromatic carbocycles. The third kappa shape index (κ3) is 6.61. The minimum absolute atomic E-state index is 0.339. The molecule has 0 aromatic heterocycles. The number of rotatable bonds is 3. The predicted octanol–water partition coefficient (Wildman–Crippen LogP) is -4.20. The standard InChI is InChI=1S/C5H9NO.C4H6O6/c7-5-3-1-2-4-6-5;5-1(3(7)8)2(6)4(9)10/h1-4H2,(H,6,7);1-2,5-6H,(H,7,8)(H,9,10). The Balaban J connectivity index is 0.000000318. The smallest absolute Gasteiger partial charge is 0.335 e. The fraction of sp³-hybridized carbons (Fsp3) is 0.667. The molecule has 17 heavy (non-hydrogen) atoms. The number of aliphatic hydroxyl groups excluding tert-OH is 2. The fourth-order valence-electron chi connectivity index (χ4n) is 1.07. The number of primary amides is 1. The molecule has 2 unspecified atom stereocenters. The highest BCUT2D eigenvalue weighted by atomic mass is 16.4. The van der Waals surface area contributed by atoms with Crippen molar-refractivity contribution in [1.82, 2.24) is 0 Å². The second-order valence-electron chi connectivity index (χ2n) is 3.46. The molecule has 8 nitrogen and oxygen atoms in total. The van der Waals surface area contributed by atoms with Gasteiger partial charge in [-0.05, 0) is 12.8 Å². The summed E-state index contributed by atoms with van der Waals surface area (Å²) in [5.74, 6) is -3.49. The summed E-state index contributed by atoms with van der Waals surface area (Å²) in [5, 5.41) is 35.9. The van der Waals surface area contributed by atoms with Crippen molar-refractivity contribution in [2.75, 3.05) is 6.54 Å². The number of hydrogen-bond donors (Lipinski definition) is 4. The monoisotopic (exact) mass is 249 g/mol. The summed E-state index contributed by atoms with van der Waals surface area (Å²) in [6.45, 7) is 1.01. The van der Waals surface area contributed by atoms with Gasteiger partial charge in [-0.15, -0.1) is 0 Å². The molecule has 0 aromatic rings. The molecule has 0 bridgehead atoms. The molecule has 0 radical (unpaired) electrons. The Morgan fingerprint density at radius 1 is 1.24 bits per heavy atom. The number of carboxylic acid groups (broad SMARTS) is 2. The molecular formula is C9H15NO7. The van der Waals surface area contributed by atoms with Crippen LogP contribution in [0.25, 0.3) is 0 Å². The van der Waals surface area contributed by atoms with Gasteiger partial charge in [-0.25, -0.2) is 9.59 Å². The Bertz CT molecular complexity index is 265. The number of carbonyl (C=O) groups is 3. The highest BCUT2D eigenvalue weighted by Crippen LogP contribution is 1.93. The van der Waals surface area contributed by atoms with E-state index in [0.717, 1.165) is 19.4 Å². The SMILES string of the molecule is O=C([O-])C(O)C(O)C(=O)O.O=C1CCCC[NH2+]1.